The molecule has 2 rings (SSSR count). The van der Waals surface area contributed by atoms with Crippen molar-refractivity contribution in [1.29, 1.82) is 0 Å². The Bertz CT molecular complexity index is 707. The van der Waals surface area contributed by atoms with Crippen LogP contribution < -0.4 is 10.5 Å². The molecule has 3 N–H and O–H groups in total. The van der Waals surface area contributed by atoms with Crippen LogP contribution in [0.2, 0.25) is 0 Å². The number of furan rings is 1. The summed E-state index contributed by atoms with van der Waals surface area (Å²) >= 11 is 0. The summed E-state index contributed by atoms with van der Waals surface area (Å²) < 4.78 is 32.3. The van der Waals surface area contributed by atoms with Gasteiger partial charge in [0.15, 0.2) is 0 Å². The number of nitrogens with zero attached hydrogens (tertiary/aromatic N) is 1. The Labute approximate surface area is 118 Å². The molecular weight excluding hydrogens is 278 g/mol. The van der Waals surface area contributed by atoms with Crippen LogP contribution in [0.3, 0.4) is 0 Å². The number of hydrogen-bond donors (Lipinski definition) is 2. The third-order valence-electron chi connectivity index (χ3n) is 3.00. The van der Waals surface area contributed by atoms with Gasteiger partial charge in [0.1, 0.15) is 16.4 Å². The highest BCUT2D eigenvalue weighted by atomic mass is 32.2. The Hall–Kier alpha value is -1.70. The van der Waals surface area contributed by atoms with E-state index in [0.717, 1.165) is 11.1 Å². The third kappa shape index (κ3) is 3.06. The first-order valence-electron chi connectivity index (χ1n) is 6.12. The molecule has 0 bridgehead atoms. The predicted octanol–water partition coefficient (Wildman–Crippen LogP) is 1.23. The van der Waals surface area contributed by atoms with Gasteiger partial charge in [0.2, 0.25) is 10.0 Å². The van der Waals surface area contributed by atoms with E-state index in [9.17, 15) is 8.42 Å². The van der Waals surface area contributed by atoms with Gasteiger partial charge in [-0.1, -0.05) is 0 Å². The molecule has 0 atom stereocenters. The highest BCUT2D eigenvalue weighted by Crippen LogP contribution is 2.20. The zero-order valence-electron chi connectivity index (χ0n) is 11.4. The zero-order valence-corrected chi connectivity index (χ0v) is 12.2. The SMILES string of the molecule is Cc1cnccc1CNS(=O)(=O)c1cc(CN)oc1C. The minimum Gasteiger partial charge on any atom is -0.464 e. The maximum absolute atomic E-state index is 12.2. The van der Waals surface area contributed by atoms with E-state index >= 15 is 0 Å². The molecule has 7 heteroatoms. The second kappa shape index (κ2) is 5.74. The molecule has 0 fully saturated rings. The lowest BCUT2D eigenvalue weighted by atomic mass is 10.2. The van der Waals surface area contributed by atoms with Crippen molar-refractivity contribution in [2.75, 3.05) is 0 Å². The van der Waals surface area contributed by atoms with Gasteiger partial charge in [-0.3, -0.25) is 4.98 Å². The maximum atomic E-state index is 12.2. The monoisotopic (exact) mass is 295 g/mol. The largest absolute Gasteiger partial charge is 0.464 e. The van der Waals surface area contributed by atoms with Crippen LogP contribution >= 0.6 is 0 Å². The number of aryl methyl sites for hydroxylation is 2. The van der Waals surface area contributed by atoms with E-state index in [4.69, 9.17) is 10.2 Å². The van der Waals surface area contributed by atoms with Crippen molar-refractivity contribution >= 4 is 10.0 Å². The molecule has 20 heavy (non-hydrogen) atoms. The van der Waals surface area contributed by atoms with Gasteiger partial charge in [-0.25, -0.2) is 13.1 Å². The Morgan fingerprint density at radius 3 is 2.75 bits per heavy atom. The van der Waals surface area contributed by atoms with Crippen molar-refractivity contribution < 1.29 is 12.8 Å². The molecule has 0 aliphatic heterocycles. The van der Waals surface area contributed by atoms with Crippen molar-refractivity contribution in [1.82, 2.24) is 9.71 Å². The number of nitrogens with two attached hydrogens (primary N) is 1. The van der Waals surface area contributed by atoms with Gasteiger partial charge < -0.3 is 10.2 Å². The summed E-state index contributed by atoms with van der Waals surface area (Å²) in [6, 6.07) is 3.24. The van der Waals surface area contributed by atoms with Crippen LogP contribution in [0, 0.1) is 13.8 Å². The fourth-order valence-corrected chi connectivity index (χ4v) is 3.05. The Kier molecular flexibility index (Phi) is 4.22. The van der Waals surface area contributed by atoms with Crippen LogP contribution in [0.15, 0.2) is 33.8 Å². The second-order valence-corrected chi connectivity index (χ2v) is 6.20. The van der Waals surface area contributed by atoms with Crippen molar-refractivity contribution in [3.63, 3.8) is 0 Å². The molecule has 108 valence electrons. The lowest BCUT2D eigenvalue weighted by Crippen LogP contribution is -2.23. The van der Waals surface area contributed by atoms with E-state index in [0.29, 0.717) is 11.5 Å². The van der Waals surface area contributed by atoms with Crippen LogP contribution in [0.4, 0.5) is 0 Å². The normalized spacial score (nSPS) is 11.8. The quantitative estimate of drug-likeness (QED) is 0.864. The van der Waals surface area contributed by atoms with Crippen LogP contribution in [0.25, 0.3) is 0 Å². The number of sulfonamides is 1. The van der Waals surface area contributed by atoms with Crippen molar-refractivity contribution in [2.24, 2.45) is 5.73 Å². The van der Waals surface area contributed by atoms with E-state index in [-0.39, 0.29) is 18.0 Å². The minimum absolute atomic E-state index is 0.129. The van der Waals surface area contributed by atoms with Crippen molar-refractivity contribution in [3.05, 3.63) is 47.2 Å². The zero-order chi connectivity index (χ0) is 14.8. The van der Waals surface area contributed by atoms with Gasteiger partial charge in [-0.15, -0.1) is 0 Å². The summed E-state index contributed by atoms with van der Waals surface area (Å²) in [4.78, 5) is 4.10. The van der Waals surface area contributed by atoms with E-state index in [1.54, 1.807) is 25.4 Å². The number of hydrogen-bond acceptors (Lipinski definition) is 5. The Morgan fingerprint density at radius 2 is 2.15 bits per heavy atom. The molecule has 2 heterocycles. The number of rotatable bonds is 5. The molecule has 0 amide bonds. The summed E-state index contributed by atoms with van der Waals surface area (Å²) in [5.74, 6) is 0.785. The molecule has 0 spiro atoms. The maximum Gasteiger partial charge on any atom is 0.244 e. The van der Waals surface area contributed by atoms with E-state index in [1.807, 2.05) is 6.92 Å². The van der Waals surface area contributed by atoms with Gasteiger partial charge in [0, 0.05) is 25.0 Å². The molecule has 0 aliphatic rings. The summed E-state index contributed by atoms with van der Waals surface area (Å²) in [6.07, 6.45) is 3.32. The molecule has 0 saturated carbocycles. The van der Waals surface area contributed by atoms with E-state index in [1.165, 1.54) is 6.07 Å². The van der Waals surface area contributed by atoms with Crippen LogP contribution in [-0.4, -0.2) is 13.4 Å². The van der Waals surface area contributed by atoms with Gasteiger partial charge >= 0.3 is 0 Å². The van der Waals surface area contributed by atoms with Crippen LogP contribution in [0.1, 0.15) is 22.6 Å². The molecular formula is C13H17N3O3S. The van der Waals surface area contributed by atoms with E-state index < -0.39 is 10.0 Å². The average molecular weight is 295 g/mol. The summed E-state index contributed by atoms with van der Waals surface area (Å²) in [6.45, 7) is 3.86. The fraction of sp³-hybridized carbons (Fsp3) is 0.308. The molecule has 0 unspecified atom stereocenters. The van der Waals surface area contributed by atoms with Gasteiger partial charge in [0.05, 0.1) is 6.54 Å². The average Bonchev–Trinajstić information content (AvgIpc) is 2.80. The van der Waals surface area contributed by atoms with Crippen LogP contribution in [-0.2, 0) is 23.1 Å². The number of aromatic nitrogens is 1. The highest BCUT2D eigenvalue weighted by Gasteiger charge is 2.21. The smallest absolute Gasteiger partial charge is 0.244 e. The van der Waals surface area contributed by atoms with Gasteiger partial charge in [-0.05, 0) is 31.0 Å². The Balaban J connectivity index is 2.19. The standard InChI is InChI=1S/C13H17N3O3S/c1-9-7-15-4-3-11(9)8-16-20(17,18)13-5-12(6-14)19-10(13)2/h3-5,7,16H,6,8,14H2,1-2H3. The van der Waals surface area contributed by atoms with Crippen molar-refractivity contribution in [2.45, 2.75) is 31.8 Å². The first kappa shape index (κ1) is 14.7. The molecule has 2 aromatic rings. The van der Waals surface area contributed by atoms with Crippen molar-refractivity contribution in [3.8, 4) is 0 Å². The summed E-state index contributed by atoms with van der Waals surface area (Å²) in [5.41, 5.74) is 7.25. The van der Waals surface area contributed by atoms with Crippen LogP contribution in [0.5, 0.6) is 0 Å². The molecule has 0 radical (unpaired) electrons. The topological polar surface area (TPSA) is 98.2 Å². The minimum atomic E-state index is -3.61. The highest BCUT2D eigenvalue weighted by molar-refractivity contribution is 7.89. The molecule has 0 saturated heterocycles. The number of pyridine rings is 1. The van der Waals surface area contributed by atoms with Gasteiger partial charge in [-0.2, -0.15) is 0 Å². The lowest BCUT2D eigenvalue weighted by molar-refractivity contribution is 0.478. The number of nitrogens with one attached hydrogen (secondary N) is 1. The summed E-state index contributed by atoms with van der Waals surface area (Å²) in [7, 11) is -3.61. The molecule has 0 aliphatic carbocycles. The molecule has 6 nitrogen and oxygen atoms in total. The molecule has 0 aromatic carbocycles. The van der Waals surface area contributed by atoms with Gasteiger partial charge in [0.25, 0.3) is 0 Å². The summed E-state index contributed by atoms with van der Waals surface area (Å²) in [5, 5.41) is 0. The fourth-order valence-electron chi connectivity index (χ4n) is 1.84. The second-order valence-electron chi connectivity index (χ2n) is 4.46. The van der Waals surface area contributed by atoms with E-state index in [2.05, 4.69) is 9.71 Å². The Morgan fingerprint density at radius 1 is 1.40 bits per heavy atom. The first-order valence-corrected chi connectivity index (χ1v) is 7.61. The lowest BCUT2D eigenvalue weighted by Gasteiger charge is -2.07. The third-order valence-corrected chi connectivity index (χ3v) is 4.51. The predicted molar refractivity (Wildman–Crippen MR) is 74.3 cm³/mol. The molecule has 2 aromatic heterocycles. The first-order chi connectivity index (χ1) is 9.44.